The van der Waals surface area contributed by atoms with Crippen LogP contribution in [0.2, 0.25) is 0 Å². The summed E-state index contributed by atoms with van der Waals surface area (Å²) in [5.41, 5.74) is -1.23. The molecule has 1 aliphatic rings. The van der Waals surface area contributed by atoms with Gasteiger partial charge in [0, 0.05) is 24.7 Å². The number of amidine groups is 1. The fraction of sp³-hybridized carbons (Fsp3) is 0.533. The molecule has 1 fully saturated rings. The van der Waals surface area contributed by atoms with E-state index in [4.69, 9.17) is 0 Å². The summed E-state index contributed by atoms with van der Waals surface area (Å²) in [7, 11) is 1.57. The molecule has 0 aromatic heterocycles. The van der Waals surface area contributed by atoms with Crippen molar-refractivity contribution in [2.45, 2.75) is 96.2 Å². The molecule has 3 nitrogen and oxygen atoms in total. The van der Waals surface area contributed by atoms with E-state index in [1.165, 1.54) is 11.1 Å². The third-order valence-electron chi connectivity index (χ3n) is 7.34. The third-order valence-corrected chi connectivity index (χ3v) is 7.34. The van der Waals surface area contributed by atoms with E-state index in [0.29, 0.717) is 30.4 Å². The normalized spacial score (nSPS) is 18.6. The number of hydrogen-bond acceptors (Lipinski definition) is 2. The SMILES string of the molecule is C=C/C(F)=C(/N=C(/C)N=C)C(=C/N(C)C1(C(F)F)CC1)\C(C)c1cccc(C(C)(F)CCCCCC)c1. The third kappa shape index (κ3) is 7.65. The zero-order valence-electron chi connectivity index (χ0n) is 22.8. The van der Waals surface area contributed by atoms with Gasteiger partial charge in [-0.25, -0.2) is 27.5 Å². The van der Waals surface area contributed by atoms with Crippen molar-refractivity contribution >= 4 is 12.6 Å². The molecule has 1 saturated carbocycles. The fourth-order valence-electron chi connectivity index (χ4n) is 4.46. The van der Waals surface area contributed by atoms with Gasteiger partial charge in [-0.05, 0) is 63.5 Å². The fourth-order valence-corrected chi connectivity index (χ4v) is 4.46. The van der Waals surface area contributed by atoms with Crippen molar-refractivity contribution in [2.24, 2.45) is 9.98 Å². The van der Waals surface area contributed by atoms with Crippen molar-refractivity contribution < 1.29 is 17.6 Å². The van der Waals surface area contributed by atoms with Crippen LogP contribution in [0.1, 0.15) is 89.7 Å². The predicted molar refractivity (Wildman–Crippen MR) is 147 cm³/mol. The van der Waals surface area contributed by atoms with Gasteiger partial charge in [0.2, 0.25) is 0 Å². The lowest BCUT2D eigenvalue weighted by Crippen LogP contribution is -2.36. The van der Waals surface area contributed by atoms with Crippen LogP contribution in [-0.4, -0.2) is 36.5 Å². The second-order valence-corrected chi connectivity index (χ2v) is 10.2. The van der Waals surface area contributed by atoms with E-state index in [1.54, 1.807) is 39.1 Å². The molecule has 2 unspecified atom stereocenters. The van der Waals surface area contributed by atoms with Crippen LogP contribution < -0.4 is 0 Å². The van der Waals surface area contributed by atoms with Crippen LogP contribution in [0.5, 0.6) is 0 Å². The Morgan fingerprint density at radius 2 is 1.92 bits per heavy atom. The van der Waals surface area contributed by atoms with E-state index < -0.39 is 29.4 Å². The minimum absolute atomic E-state index is 0.0581. The van der Waals surface area contributed by atoms with E-state index in [9.17, 15) is 8.78 Å². The molecule has 1 aromatic carbocycles. The minimum Gasteiger partial charge on any atom is -0.369 e. The molecule has 0 amide bonds. The van der Waals surface area contributed by atoms with Crippen LogP contribution in [0.15, 0.2) is 70.2 Å². The molecule has 0 bridgehead atoms. The number of benzene rings is 1. The smallest absolute Gasteiger partial charge is 0.261 e. The Morgan fingerprint density at radius 1 is 1.24 bits per heavy atom. The van der Waals surface area contributed by atoms with E-state index in [0.717, 1.165) is 37.3 Å². The van der Waals surface area contributed by atoms with E-state index in [1.807, 2.05) is 13.0 Å². The van der Waals surface area contributed by atoms with Crippen molar-refractivity contribution in [3.8, 4) is 0 Å². The van der Waals surface area contributed by atoms with E-state index >= 15 is 8.78 Å². The summed E-state index contributed by atoms with van der Waals surface area (Å²) < 4.78 is 58.5. The van der Waals surface area contributed by atoms with Gasteiger partial charge < -0.3 is 4.90 Å². The highest BCUT2D eigenvalue weighted by molar-refractivity contribution is 5.85. The Hall–Kier alpha value is -2.70. The maximum atomic E-state index is 15.7. The molecule has 1 aliphatic carbocycles. The van der Waals surface area contributed by atoms with Gasteiger partial charge in [-0.1, -0.05) is 64.0 Å². The summed E-state index contributed by atoms with van der Waals surface area (Å²) in [5, 5.41) is 0. The van der Waals surface area contributed by atoms with E-state index in [2.05, 4.69) is 30.2 Å². The lowest BCUT2D eigenvalue weighted by atomic mass is 9.85. The molecule has 37 heavy (non-hydrogen) atoms. The molecule has 2 rings (SSSR count). The monoisotopic (exact) mass is 519 g/mol. The topological polar surface area (TPSA) is 28.0 Å². The Bertz CT molecular complexity index is 1040. The molecule has 7 heteroatoms. The number of nitrogens with zero attached hydrogens (tertiary/aromatic N) is 3. The number of allylic oxidation sites excluding steroid dienone is 3. The number of alkyl halides is 3. The van der Waals surface area contributed by atoms with Gasteiger partial charge >= 0.3 is 0 Å². The van der Waals surface area contributed by atoms with Gasteiger partial charge in [-0.3, -0.25) is 0 Å². The number of hydrogen-bond donors (Lipinski definition) is 0. The first-order valence-electron chi connectivity index (χ1n) is 13.0. The molecular weight excluding hydrogens is 478 g/mol. The first-order valence-corrected chi connectivity index (χ1v) is 13.0. The van der Waals surface area contributed by atoms with Crippen molar-refractivity contribution in [2.75, 3.05) is 7.05 Å². The lowest BCUT2D eigenvalue weighted by Gasteiger charge is -2.29. The van der Waals surface area contributed by atoms with Crippen molar-refractivity contribution in [3.63, 3.8) is 0 Å². The van der Waals surface area contributed by atoms with Gasteiger partial charge in [0.1, 0.15) is 28.6 Å². The zero-order chi connectivity index (χ0) is 27.8. The number of aliphatic imine (C=N–C) groups is 2. The van der Waals surface area contributed by atoms with Crippen LogP contribution in [0.3, 0.4) is 0 Å². The van der Waals surface area contributed by atoms with Crippen LogP contribution in [-0.2, 0) is 5.67 Å². The summed E-state index contributed by atoms with van der Waals surface area (Å²) in [4.78, 5) is 9.54. The molecular formula is C30H41F4N3. The molecule has 1 aromatic rings. The average Bonchev–Trinajstić information content (AvgIpc) is 3.70. The van der Waals surface area contributed by atoms with Crippen LogP contribution in [0.25, 0.3) is 0 Å². The second kappa shape index (κ2) is 13.2. The van der Waals surface area contributed by atoms with Crippen molar-refractivity contribution in [1.29, 1.82) is 0 Å². The number of halogens is 4. The maximum absolute atomic E-state index is 15.7. The molecule has 0 radical (unpaired) electrons. The van der Waals surface area contributed by atoms with Gasteiger partial charge in [-0.15, -0.1) is 0 Å². The van der Waals surface area contributed by atoms with Gasteiger partial charge in [-0.2, -0.15) is 0 Å². The Balaban J connectivity index is 2.57. The molecule has 0 heterocycles. The Kier molecular flexibility index (Phi) is 10.9. The predicted octanol–water partition coefficient (Wildman–Crippen LogP) is 9.04. The van der Waals surface area contributed by atoms with Crippen LogP contribution in [0, 0.1) is 0 Å². The highest BCUT2D eigenvalue weighted by atomic mass is 19.3. The van der Waals surface area contributed by atoms with Gasteiger partial charge in [0.25, 0.3) is 6.43 Å². The van der Waals surface area contributed by atoms with Crippen molar-refractivity contribution in [1.82, 2.24) is 4.90 Å². The molecule has 0 aliphatic heterocycles. The molecule has 0 saturated heterocycles. The highest BCUT2D eigenvalue weighted by Gasteiger charge is 2.54. The highest BCUT2D eigenvalue weighted by Crippen LogP contribution is 2.47. The molecule has 0 N–H and O–H groups in total. The maximum Gasteiger partial charge on any atom is 0.261 e. The summed E-state index contributed by atoms with van der Waals surface area (Å²) in [6.07, 6.45) is 5.00. The van der Waals surface area contributed by atoms with Gasteiger partial charge in [0.15, 0.2) is 0 Å². The van der Waals surface area contributed by atoms with Gasteiger partial charge in [0.05, 0.1) is 0 Å². The summed E-state index contributed by atoms with van der Waals surface area (Å²) in [6.45, 7) is 14.1. The van der Waals surface area contributed by atoms with E-state index in [-0.39, 0.29) is 11.5 Å². The number of unbranched alkanes of at least 4 members (excludes halogenated alkanes) is 3. The molecule has 204 valence electrons. The molecule has 2 atom stereocenters. The van der Waals surface area contributed by atoms with Crippen molar-refractivity contribution in [3.05, 3.63) is 71.3 Å². The Morgan fingerprint density at radius 3 is 2.46 bits per heavy atom. The summed E-state index contributed by atoms with van der Waals surface area (Å²) in [5.74, 6) is -0.979. The summed E-state index contributed by atoms with van der Waals surface area (Å²) >= 11 is 0. The average molecular weight is 520 g/mol. The largest absolute Gasteiger partial charge is 0.369 e. The first-order chi connectivity index (χ1) is 17.4. The summed E-state index contributed by atoms with van der Waals surface area (Å²) in [6, 6.07) is 7.15. The van der Waals surface area contributed by atoms with Crippen LogP contribution in [0.4, 0.5) is 17.6 Å². The molecule has 0 spiro atoms. The first kappa shape index (κ1) is 30.5. The quantitative estimate of drug-likeness (QED) is 0.0792. The Labute approximate surface area is 219 Å². The standard InChI is InChI=1S/C30H41F4N3/c1-8-10-11-12-16-29(5,34)24-15-13-14-23(19-24)21(3)25(20-37(7)30(17-18-30)28(32)33)27(26(31)9-2)36-22(4)35-6/h9,13-15,19-21,28H,2,6,8,10-12,16-18H2,1,3-5,7H3/b25-20-,27-26-,36-22-. The zero-order valence-corrected chi connectivity index (χ0v) is 22.8. The minimum atomic E-state index is -2.55. The number of rotatable bonds is 14. The lowest BCUT2D eigenvalue weighted by molar-refractivity contribution is 0.0416. The second-order valence-electron chi connectivity index (χ2n) is 10.2. The van der Waals surface area contributed by atoms with Crippen LogP contribution >= 0.6 is 0 Å².